The second-order valence-electron chi connectivity index (χ2n) is 5.86. The van der Waals surface area contributed by atoms with Gasteiger partial charge in [-0.2, -0.15) is 0 Å². The van der Waals surface area contributed by atoms with Gasteiger partial charge in [-0.25, -0.2) is 4.98 Å². The molecule has 86 valence electrons. The van der Waals surface area contributed by atoms with Gasteiger partial charge in [0.2, 0.25) is 0 Å². The normalized spacial score (nSPS) is 13.6. The summed E-state index contributed by atoms with van der Waals surface area (Å²) < 4.78 is 2.19. The topological polar surface area (TPSA) is 17.8 Å². The van der Waals surface area contributed by atoms with E-state index < -0.39 is 8.07 Å². The van der Waals surface area contributed by atoms with E-state index in [1.54, 1.807) is 0 Å². The minimum atomic E-state index is -1.51. The number of imidazole rings is 1. The summed E-state index contributed by atoms with van der Waals surface area (Å²) in [6, 6.07) is 0. The first-order chi connectivity index (χ1) is 6.71. The first kappa shape index (κ1) is 12.5. The van der Waals surface area contributed by atoms with E-state index in [1.165, 1.54) is 5.45 Å². The summed E-state index contributed by atoms with van der Waals surface area (Å²) in [5, 5.41) is 0.367. The van der Waals surface area contributed by atoms with E-state index in [9.17, 15) is 0 Å². The molecule has 2 nitrogen and oxygen atoms in total. The summed E-state index contributed by atoms with van der Waals surface area (Å²) in [5.41, 5.74) is 1.31. The number of hydrogen-bond donors (Lipinski definition) is 0. The molecule has 0 saturated carbocycles. The van der Waals surface area contributed by atoms with Crippen molar-refractivity contribution in [2.45, 2.75) is 45.8 Å². The number of aryl methyl sites for hydroxylation is 1. The molecule has 15 heavy (non-hydrogen) atoms. The van der Waals surface area contributed by atoms with Crippen LogP contribution in [0.1, 0.15) is 27.7 Å². The SMILES string of the molecule is CC(C)C(C)(C)[Si](C)(C)c1nccn1C. The van der Waals surface area contributed by atoms with Crippen LogP contribution in [0.15, 0.2) is 12.4 Å². The lowest BCUT2D eigenvalue weighted by Gasteiger charge is -2.42. The standard InChI is InChI=1S/C12H24N2Si/c1-10(2)12(3,4)15(6,7)11-13-8-9-14(11)5/h8-10H,1-7H3. The lowest BCUT2D eigenvalue weighted by Crippen LogP contribution is -2.56. The summed E-state index contributed by atoms with van der Waals surface area (Å²) in [6.45, 7) is 14.3. The average molecular weight is 224 g/mol. The van der Waals surface area contributed by atoms with Gasteiger partial charge in [0.25, 0.3) is 0 Å². The van der Waals surface area contributed by atoms with Crippen LogP contribution in [0, 0.1) is 5.92 Å². The molecule has 0 N–H and O–H groups in total. The molecule has 1 aromatic rings. The Kier molecular flexibility index (Phi) is 3.15. The number of hydrogen-bond acceptors (Lipinski definition) is 1. The van der Waals surface area contributed by atoms with Crippen molar-refractivity contribution in [3.8, 4) is 0 Å². The molecule has 1 aromatic heterocycles. The van der Waals surface area contributed by atoms with Gasteiger partial charge in [0, 0.05) is 19.4 Å². The van der Waals surface area contributed by atoms with Crippen molar-refractivity contribution in [2.75, 3.05) is 0 Å². The van der Waals surface area contributed by atoms with Crippen molar-refractivity contribution in [3.05, 3.63) is 12.4 Å². The monoisotopic (exact) mass is 224 g/mol. The maximum Gasteiger partial charge on any atom is 0.132 e. The maximum absolute atomic E-state index is 4.56. The zero-order valence-corrected chi connectivity index (χ0v) is 12.1. The molecule has 0 fully saturated rings. The Morgan fingerprint density at radius 2 is 1.87 bits per heavy atom. The Morgan fingerprint density at radius 3 is 2.20 bits per heavy atom. The largest absolute Gasteiger partial charge is 0.342 e. The van der Waals surface area contributed by atoms with Gasteiger partial charge in [-0.3, -0.25) is 0 Å². The third-order valence-electron chi connectivity index (χ3n) is 4.43. The zero-order chi connectivity index (χ0) is 11.9. The first-order valence-electron chi connectivity index (χ1n) is 5.69. The average Bonchev–Trinajstić information content (AvgIpc) is 2.51. The Hall–Kier alpha value is -0.573. The summed E-state index contributed by atoms with van der Waals surface area (Å²) in [7, 11) is 0.594. The van der Waals surface area contributed by atoms with E-state index in [-0.39, 0.29) is 0 Å². The molecule has 0 aliphatic carbocycles. The molecule has 3 heteroatoms. The summed E-state index contributed by atoms with van der Waals surface area (Å²) >= 11 is 0. The highest BCUT2D eigenvalue weighted by Gasteiger charge is 2.45. The van der Waals surface area contributed by atoms with E-state index in [1.807, 2.05) is 6.20 Å². The van der Waals surface area contributed by atoms with Gasteiger partial charge >= 0.3 is 0 Å². The second kappa shape index (κ2) is 3.78. The van der Waals surface area contributed by atoms with Crippen LogP contribution >= 0.6 is 0 Å². The predicted octanol–water partition coefficient (Wildman–Crippen LogP) is 2.77. The van der Waals surface area contributed by atoms with Crippen LogP contribution in [-0.2, 0) is 7.05 Å². The van der Waals surface area contributed by atoms with E-state index >= 15 is 0 Å². The van der Waals surface area contributed by atoms with Gasteiger partial charge < -0.3 is 4.57 Å². The van der Waals surface area contributed by atoms with Gasteiger partial charge in [0.15, 0.2) is 0 Å². The quantitative estimate of drug-likeness (QED) is 0.722. The van der Waals surface area contributed by atoms with E-state index in [0.29, 0.717) is 11.0 Å². The Bertz CT molecular complexity index is 337. The van der Waals surface area contributed by atoms with Crippen LogP contribution in [0.3, 0.4) is 0 Å². The van der Waals surface area contributed by atoms with E-state index in [2.05, 4.69) is 63.6 Å². The molecule has 0 radical (unpaired) electrons. The van der Waals surface area contributed by atoms with Crippen LogP contribution in [0.25, 0.3) is 0 Å². The predicted molar refractivity (Wildman–Crippen MR) is 69.2 cm³/mol. The molecular formula is C12H24N2Si. The fourth-order valence-corrected chi connectivity index (χ4v) is 5.35. The lowest BCUT2D eigenvalue weighted by atomic mass is 9.99. The van der Waals surface area contributed by atoms with Crippen molar-refractivity contribution in [3.63, 3.8) is 0 Å². The third-order valence-corrected chi connectivity index (χ3v) is 9.83. The van der Waals surface area contributed by atoms with Crippen molar-refractivity contribution >= 4 is 13.5 Å². The van der Waals surface area contributed by atoms with Crippen molar-refractivity contribution in [1.82, 2.24) is 9.55 Å². The molecule has 0 saturated heterocycles. The number of nitrogens with zero attached hydrogens (tertiary/aromatic N) is 2. The smallest absolute Gasteiger partial charge is 0.132 e. The van der Waals surface area contributed by atoms with Gasteiger partial charge in [-0.05, 0) is 11.0 Å². The zero-order valence-electron chi connectivity index (χ0n) is 11.1. The van der Waals surface area contributed by atoms with Crippen molar-refractivity contribution < 1.29 is 0 Å². The van der Waals surface area contributed by atoms with Gasteiger partial charge in [-0.1, -0.05) is 40.8 Å². The highest BCUT2D eigenvalue weighted by atomic mass is 28.3. The summed E-state index contributed by atoms with van der Waals surface area (Å²) in [4.78, 5) is 4.56. The maximum atomic E-state index is 4.56. The molecule has 1 heterocycles. The van der Waals surface area contributed by atoms with E-state index in [4.69, 9.17) is 0 Å². The van der Waals surface area contributed by atoms with Gasteiger partial charge in [0.1, 0.15) is 8.07 Å². The highest BCUT2D eigenvalue weighted by Crippen LogP contribution is 2.43. The molecule has 0 aliphatic heterocycles. The van der Waals surface area contributed by atoms with Gasteiger partial charge in [0.05, 0.1) is 5.45 Å². The molecule has 0 unspecified atom stereocenters. The fraction of sp³-hybridized carbons (Fsp3) is 0.750. The molecule has 0 aromatic carbocycles. The summed E-state index contributed by atoms with van der Waals surface area (Å²) in [5.74, 6) is 0.691. The number of aromatic nitrogens is 2. The Morgan fingerprint density at radius 1 is 1.33 bits per heavy atom. The molecule has 0 aliphatic rings. The Balaban J connectivity index is 3.18. The molecule has 0 amide bonds. The molecule has 0 spiro atoms. The minimum Gasteiger partial charge on any atom is -0.342 e. The van der Waals surface area contributed by atoms with Crippen molar-refractivity contribution in [2.24, 2.45) is 13.0 Å². The number of rotatable bonds is 3. The molecule has 1 rings (SSSR count). The van der Waals surface area contributed by atoms with Crippen LogP contribution in [-0.4, -0.2) is 17.6 Å². The Labute approximate surface area is 94.7 Å². The van der Waals surface area contributed by atoms with E-state index in [0.717, 1.165) is 0 Å². The minimum absolute atomic E-state index is 0.367. The summed E-state index contributed by atoms with van der Waals surface area (Å²) in [6.07, 6.45) is 3.97. The third kappa shape index (κ3) is 1.89. The second-order valence-corrected chi connectivity index (χ2v) is 10.8. The van der Waals surface area contributed by atoms with Crippen LogP contribution < -0.4 is 5.45 Å². The van der Waals surface area contributed by atoms with Crippen LogP contribution in [0.4, 0.5) is 0 Å². The highest BCUT2D eigenvalue weighted by molar-refractivity contribution is 6.91. The molecule has 0 bridgehead atoms. The van der Waals surface area contributed by atoms with Crippen LogP contribution in [0.2, 0.25) is 18.1 Å². The van der Waals surface area contributed by atoms with Gasteiger partial charge in [-0.15, -0.1) is 0 Å². The lowest BCUT2D eigenvalue weighted by molar-refractivity contribution is 0.461. The van der Waals surface area contributed by atoms with Crippen LogP contribution in [0.5, 0.6) is 0 Å². The molecule has 0 atom stereocenters. The first-order valence-corrected chi connectivity index (χ1v) is 8.69. The fourth-order valence-electron chi connectivity index (χ4n) is 1.98. The van der Waals surface area contributed by atoms with Crippen molar-refractivity contribution in [1.29, 1.82) is 0 Å². The molecular weight excluding hydrogens is 200 g/mol.